The van der Waals surface area contributed by atoms with Crippen LogP contribution in [0, 0.1) is 5.41 Å². The number of nitrogens with one attached hydrogen (secondary N) is 1. The first-order valence-electron chi connectivity index (χ1n) is 5.89. The number of nitrogens with zero attached hydrogens (tertiary/aromatic N) is 1. The zero-order valence-corrected chi connectivity index (χ0v) is 9.66. The van der Waals surface area contributed by atoms with Gasteiger partial charge in [0.05, 0.1) is 6.20 Å². The molecule has 0 aliphatic heterocycles. The van der Waals surface area contributed by atoms with Crippen LogP contribution in [0.3, 0.4) is 0 Å². The molecular formula is C12H18N2O2. The second-order valence-corrected chi connectivity index (χ2v) is 4.90. The molecule has 0 unspecified atom stereocenters. The first kappa shape index (κ1) is 11.2. The summed E-state index contributed by atoms with van der Waals surface area (Å²) in [5, 5.41) is 6.37. The lowest BCUT2D eigenvalue weighted by Gasteiger charge is -2.23. The van der Waals surface area contributed by atoms with E-state index in [-0.39, 0.29) is 11.7 Å². The van der Waals surface area contributed by atoms with Gasteiger partial charge in [0.2, 0.25) is 5.76 Å². The molecule has 1 aromatic rings. The second kappa shape index (κ2) is 4.68. The monoisotopic (exact) mass is 222 g/mol. The molecule has 0 saturated heterocycles. The van der Waals surface area contributed by atoms with Crippen LogP contribution in [-0.2, 0) is 0 Å². The van der Waals surface area contributed by atoms with Gasteiger partial charge in [0, 0.05) is 12.6 Å². The Morgan fingerprint density at radius 2 is 2.31 bits per heavy atom. The lowest BCUT2D eigenvalue weighted by Crippen LogP contribution is -2.27. The highest BCUT2D eigenvalue weighted by atomic mass is 16.5. The number of carbonyl (C=O) groups excluding carboxylic acids is 1. The Balaban J connectivity index is 1.74. The van der Waals surface area contributed by atoms with Crippen LogP contribution in [0.15, 0.2) is 16.8 Å². The van der Waals surface area contributed by atoms with Gasteiger partial charge >= 0.3 is 0 Å². The number of hydrogen-bond acceptors (Lipinski definition) is 3. The molecule has 1 heterocycles. The maximum absolute atomic E-state index is 11.5. The van der Waals surface area contributed by atoms with Gasteiger partial charge < -0.3 is 9.84 Å². The first-order chi connectivity index (χ1) is 7.70. The van der Waals surface area contributed by atoms with Gasteiger partial charge in [-0.05, 0) is 24.7 Å². The van der Waals surface area contributed by atoms with Gasteiger partial charge in [0.15, 0.2) is 0 Å². The van der Waals surface area contributed by atoms with E-state index in [2.05, 4.69) is 17.4 Å². The van der Waals surface area contributed by atoms with Crippen molar-refractivity contribution in [2.45, 2.75) is 39.0 Å². The summed E-state index contributed by atoms with van der Waals surface area (Å²) in [7, 11) is 0. The van der Waals surface area contributed by atoms with Crippen molar-refractivity contribution < 1.29 is 9.32 Å². The van der Waals surface area contributed by atoms with Crippen LogP contribution in [-0.4, -0.2) is 17.6 Å². The van der Waals surface area contributed by atoms with Crippen LogP contribution in [0.2, 0.25) is 0 Å². The third-order valence-corrected chi connectivity index (χ3v) is 3.49. The van der Waals surface area contributed by atoms with Crippen LogP contribution < -0.4 is 5.32 Å². The topological polar surface area (TPSA) is 55.1 Å². The van der Waals surface area contributed by atoms with E-state index in [0.717, 1.165) is 13.0 Å². The van der Waals surface area contributed by atoms with Crippen molar-refractivity contribution in [3.63, 3.8) is 0 Å². The van der Waals surface area contributed by atoms with Crippen LogP contribution in [0.5, 0.6) is 0 Å². The summed E-state index contributed by atoms with van der Waals surface area (Å²) in [6.45, 7) is 3.02. The minimum atomic E-state index is -0.168. The summed E-state index contributed by atoms with van der Waals surface area (Å²) in [4.78, 5) is 11.5. The molecule has 1 saturated carbocycles. The number of rotatable bonds is 4. The molecule has 0 spiro atoms. The Kier molecular flexibility index (Phi) is 3.27. The number of hydrogen-bond donors (Lipinski definition) is 1. The van der Waals surface area contributed by atoms with Crippen LogP contribution in [0.1, 0.15) is 49.6 Å². The highest BCUT2D eigenvalue weighted by Crippen LogP contribution is 2.39. The van der Waals surface area contributed by atoms with E-state index in [1.165, 1.54) is 31.9 Å². The predicted octanol–water partition coefficient (Wildman–Crippen LogP) is 2.37. The van der Waals surface area contributed by atoms with Gasteiger partial charge in [0.1, 0.15) is 0 Å². The lowest BCUT2D eigenvalue weighted by atomic mass is 9.85. The smallest absolute Gasteiger partial charge is 0.289 e. The van der Waals surface area contributed by atoms with E-state index >= 15 is 0 Å². The zero-order chi connectivity index (χ0) is 11.4. The normalized spacial score (nSPS) is 18.6. The Bertz CT molecular complexity index is 340. The first-order valence-corrected chi connectivity index (χ1v) is 5.89. The van der Waals surface area contributed by atoms with Crippen molar-refractivity contribution >= 4 is 5.91 Å². The molecule has 88 valence electrons. The van der Waals surface area contributed by atoms with E-state index in [1.54, 1.807) is 6.07 Å². The summed E-state index contributed by atoms with van der Waals surface area (Å²) < 4.78 is 4.78. The van der Waals surface area contributed by atoms with Gasteiger partial charge in [-0.15, -0.1) is 0 Å². The Labute approximate surface area is 95.4 Å². The molecule has 16 heavy (non-hydrogen) atoms. The Hall–Kier alpha value is -1.32. The van der Waals surface area contributed by atoms with Crippen molar-refractivity contribution in [3.8, 4) is 0 Å². The third-order valence-electron chi connectivity index (χ3n) is 3.49. The zero-order valence-electron chi connectivity index (χ0n) is 9.66. The molecule has 0 atom stereocenters. The highest BCUT2D eigenvalue weighted by Gasteiger charge is 2.28. The lowest BCUT2D eigenvalue weighted by molar-refractivity contribution is 0.0911. The maximum atomic E-state index is 11.5. The van der Waals surface area contributed by atoms with Crippen molar-refractivity contribution in [1.29, 1.82) is 0 Å². The molecule has 1 fully saturated rings. The third kappa shape index (κ3) is 2.62. The summed E-state index contributed by atoms with van der Waals surface area (Å²) >= 11 is 0. The largest absolute Gasteiger partial charge is 0.351 e. The van der Waals surface area contributed by atoms with E-state index < -0.39 is 0 Å². The highest BCUT2D eigenvalue weighted by molar-refractivity contribution is 5.91. The summed E-state index contributed by atoms with van der Waals surface area (Å²) in [6.07, 6.45) is 7.75. The summed E-state index contributed by atoms with van der Waals surface area (Å²) in [6, 6.07) is 1.58. The fourth-order valence-electron chi connectivity index (χ4n) is 2.38. The molecule has 4 nitrogen and oxygen atoms in total. The Morgan fingerprint density at radius 3 is 2.94 bits per heavy atom. The molecule has 1 aliphatic carbocycles. The van der Waals surface area contributed by atoms with E-state index in [4.69, 9.17) is 4.52 Å². The number of aromatic nitrogens is 1. The molecule has 0 radical (unpaired) electrons. The minimum absolute atomic E-state index is 0.168. The van der Waals surface area contributed by atoms with Gasteiger partial charge in [0.25, 0.3) is 5.91 Å². The molecular weight excluding hydrogens is 204 g/mol. The van der Waals surface area contributed by atoms with E-state index in [0.29, 0.717) is 5.41 Å². The van der Waals surface area contributed by atoms with Crippen LogP contribution in [0.25, 0.3) is 0 Å². The van der Waals surface area contributed by atoms with Gasteiger partial charge in [-0.25, -0.2) is 0 Å². The number of amides is 1. The van der Waals surface area contributed by atoms with E-state index in [9.17, 15) is 4.79 Å². The predicted molar refractivity (Wildman–Crippen MR) is 60.0 cm³/mol. The maximum Gasteiger partial charge on any atom is 0.289 e. The quantitative estimate of drug-likeness (QED) is 0.850. The van der Waals surface area contributed by atoms with Crippen LogP contribution in [0.4, 0.5) is 0 Å². The van der Waals surface area contributed by atoms with Crippen molar-refractivity contribution in [2.24, 2.45) is 5.41 Å². The van der Waals surface area contributed by atoms with Crippen molar-refractivity contribution in [3.05, 3.63) is 18.0 Å². The molecule has 4 heteroatoms. The van der Waals surface area contributed by atoms with Crippen molar-refractivity contribution in [1.82, 2.24) is 10.5 Å². The molecule has 0 bridgehead atoms. The van der Waals surface area contributed by atoms with Gasteiger partial charge in [-0.1, -0.05) is 24.9 Å². The summed E-state index contributed by atoms with van der Waals surface area (Å²) in [5.41, 5.74) is 0.425. The minimum Gasteiger partial charge on any atom is -0.351 e. The van der Waals surface area contributed by atoms with E-state index in [1.807, 2.05) is 0 Å². The second-order valence-electron chi connectivity index (χ2n) is 4.90. The molecule has 1 aliphatic rings. The average molecular weight is 222 g/mol. The van der Waals surface area contributed by atoms with Crippen molar-refractivity contribution in [2.75, 3.05) is 6.54 Å². The summed E-state index contributed by atoms with van der Waals surface area (Å²) in [5.74, 6) is 0.121. The van der Waals surface area contributed by atoms with Gasteiger partial charge in [-0.3, -0.25) is 4.79 Å². The molecule has 2 rings (SSSR count). The molecule has 1 amide bonds. The van der Waals surface area contributed by atoms with Gasteiger partial charge in [-0.2, -0.15) is 0 Å². The van der Waals surface area contributed by atoms with Crippen LogP contribution >= 0.6 is 0 Å². The number of carbonyl (C=O) groups is 1. The average Bonchev–Trinajstić information content (AvgIpc) is 2.88. The fraction of sp³-hybridized carbons (Fsp3) is 0.667. The molecule has 1 N–H and O–H groups in total. The standard InChI is InChI=1S/C12H18N2O2/c1-12(5-2-3-6-12)7-9-13-11(15)10-4-8-14-16-10/h4,8H,2-3,5-7,9H2,1H3,(H,13,15). The SMILES string of the molecule is CC1(CCNC(=O)c2ccno2)CCCC1. The Morgan fingerprint density at radius 1 is 1.56 bits per heavy atom. The fourth-order valence-corrected chi connectivity index (χ4v) is 2.38. The molecule has 1 aromatic heterocycles. The molecule has 0 aromatic carbocycles.